The Morgan fingerprint density at radius 3 is 2.60 bits per heavy atom. The Kier molecular flexibility index (Phi) is 4.74. The molecule has 2 rings (SSSR count). The van der Waals surface area contributed by atoms with Gasteiger partial charge in [0, 0.05) is 18.3 Å². The Morgan fingerprint density at radius 2 is 1.95 bits per heavy atom. The summed E-state index contributed by atoms with van der Waals surface area (Å²) in [6.45, 7) is 6.84. The summed E-state index contributed by atoms with van der Waals surface area (Å²) in [5, 5.41) is 0. The summed E-state index contributed by atoms with van der Waals surface area (Å²) in [7, 11) is 0. The predicted molar refractivity (Wildman–Crippen MR) is 82.1 cm³/mol. The van der Waals surface area contributed by atoms with Crippen LogP contribution in [0.2, 0.25) is 0 Å². The molecule has 1 heterocycles. The average Bonchev–Trinajstić information content (AvgIpc) is 2.47. The number of aryl methyl sites for hydroxylation is 1. The van der Waals surface area contributed by atoms with Gasteiger partial charge < -0.3 is 10.5 Å². The van der Waals surface area contributed by atoms with E-state index in [1.54, 1.807) is 0 Å². The van der Waals surface area contributed by atoms with E-state index in [-0.39, 0.29) is 0 Å². The third-order valence-corrected chi connectivity index (χ3v) is 3.67. The second-order valence-corrected chi connectivity index (χ2v) is 5.05. The lowest BCUT2D eigenvalue weighted by atomic mass is 9.98. The van der Waals surface area contributed by atoms with Crippen LogP contribution in [0.4, 0.5) is 0 Å². The number of hydrogen-bond donors (Lipinski definition) is 1. The van der Waals surface area contributed by atoms with Gasteiger partial charge in [0.15, 0.2) is 0 Å². The zero-order chi connectivity index (χ0) is 14.5. The van der Waals surface area contributed by atoms with Crippen LogP contribution in [0.15, 0.2) is 36.4 Å². The number of nitrogens with two attached hydrogens (primary N) is 1. The van der Waals surface area contributed by atoms with E-state index in [0.717, 1.165) is 23.4 Å². The standard InChI is InChI=1S/C17H22N2O/c1-4-12(2)15-7-5-6-8-16(15)20-17-10-9-14(11-18)13(3)19-17/h5-10,12H,4,11,18H2,1-3H3. The van der Waals surface area contributed by atoms with Crippen LogP contribution in [0.25, 0.3) is 0 Å². The van der Waals surface area contributed by atoms with Crippen molar-refractivity contribution in [3.63, 3.8) is 0 Å². The number of ether oxygens (including phenoxy) is 1. The molecule has 0 spiro atoms. The summed E-state index contributed by atoms with van der Waals surface area (Å²) in [6.07, 6.45) is 1.08. The van der Waals surface area contributed by atoms with E-state index in [9.17, 15) is 0 Å². The van der Waals surface area contributed by atoms with Crippen LogP contribution in [0.1, 0.15) is 43.0 Å². The van der Waals surface area contributed by atoms with Gasteiger partial charge in [0.05, 0.1) is 0 Å². The highest BCUT2D eigenvalue weighted by molar-refractivity contribution is 5.39. The molecule has 2 aromatic rings. The van der Waals surface area contributed by atoms with Crippen molar-refractivity contribution in [2.45, 2.75) is 39.7 Å². The molecular weight excluding hydrogens is 248 g/mol. The van der Waals surface area contributed by atoms with Crippen molar-refractivity contribution >= 4 is 0 Å². The lowest BCUT2D eigenvalue weighted by Gasteiger charge is -2.15. The molecule has 3 nitrogen and oxygen atoms in total. The molecule has 1 aromatic heterocycles. The average molecular weight is 270 g/mol. The molecule has 0 aliphatic heterocycles. The van der Waals surface area contributed by atoms with Gasteiger partial charge in [0.1, 0.15) is 5.75 Å². The minimum absolute atomic E-state index is 0.468. The summed E-state index contributed by atoms with van der Waals surface area (Å²) in [5.41, 5.74) is 8.85. The monoisotopic (exact) mass is 270 g/mol. The van der Waals surface area contributed by atoms with Crippen LogP contribution in [0.5, 0.6) is 11.6 Å². The summed E-state index contributed by atoms with van der Waals surface area (Å²) >= 11 is 0. The van der Waals surface area contributed by atoms with Gasteiger partial charge in [-0.3, -0.25) is 0 Å². The fraction of sp³-hybridized carbons (Fsp3) is 0.353. The van der Waals surface area contributed by atoms with Gasteiger partial charge in [-0.2, -0.15) is 0 Å². The summed E-state index contributed by atoms with van der Waals surface area (Å²) < 4.78 is 5.96. The first-order chi connectivity index (χ1) is 9.65. The van der Waals surface area contributed by atoms with Gasteiger partial charge in [0.25, 0.3) is 0 Å². The number of hydrogen-bond acceptors (Lipinski definition) is 3. The Balaban J connectivity index is 2.28. The van der Waals surface area contributed by atoms with Gasteiger partial charge in [-0.1, -0.05) is 38.1 Å². The summed E-state index contributed by atoms with van der Waals surface area (Å²) in [4.78, 5) is 4.46. The first-order valence-corrected chi connectivity index (χ1v) is 7.09. The Morgan fingerprint density at radius 1 is 1.20 bits per heavy atom. The first kappa shape index (κ1) is 14.5. The molecule has 0 fully saturated rings. The highest BCUT2D eigenvalue weighted by Crippen LogP contribution is 2.31. The van der Waals surface area contributed by atoms with Gasteiger partial charge in [-0.15, -0.1) is 0 Å². The molecule has 3 heteroatoms. The van der Waals surface area contributed by atoms with Crippen molar-refractivity contribution in [1.29, 1.82) is 0 Å². The van der Waals surface area contributed by atoms with Crippen molar-refractivity contribution < 1.29 is 4.74 Å². The molecule has 2 N–H and O–H groups in total. The molecule has 0 bridgehead atoms. The van der Waals surface area contributed by atoms with E-state index in [0.29, 0.717) is 18.3 Å². The minimum atomic E-state index is 0.468. The molecule has 0 amide bonds. The molecule has 0 saturated heterocycles. The van der Waals surface area contributed by atoms with Gasteiger partial charge in [0.2, 0.25) is 5.88 Å². The number of benzene rings is 1. The lowest BCUT2D eigenvalue weighted by molar-refractivity contribution is 0.450. The van der Waals surface area contributed by atoms with Crippen LogP contribution < -0.4 is 10.5 Å². The zero-order valence-electron chi connectivity index (χ0n) is 12.4. The highest BCUT2D eigenvalue weighted by atomic mass is 16.5. The Labute approximate surface area is 120 Å². The van der Waals surface area contributed by atoms with Gasteiger partial charge in [-0.25, -0.2) is 4.98 Å². The maximum absolute atomic E-state index is 5.96. The van der Waals surface area contributed by atoms with E-state index in [2.05, 4.69) is 24.9 Å². The van der Waals surface area contributed by atoms with E-state index >= 15 is 0 Å². The third-order valence-electron chi connectivity index (χ3n) is 3.67. The van der Waals surface area contributed by atoms with E-state index < -0.39 is 0 Å². The van der Waals surface area contributed by atoms with Crippen molar-refractivity contribution in [3.8, 4) is 11.6 Å². The SMILES string of the molecule is CCC(C)c1ccccc1Oc1ccc(CN)c(C)n1. The fourth-order valence-electron chi connectivity index (χ4n) is 2.15. The van der Waals surface area contributed by atoms with Crippen molar-refractivity contribution in [1.82, 2.24) is 4.98 Å². The molecule has 20 heavy (non-hydrogen) atoms. The molecule has 1 atom stereocenters. The number of para-hydroxylation sites is 1. The van der Waals surface area contributed by atoms with Gasteiger partial charge >= 0.3 is 0 Å². The van der Waals surface area contributed by atoms with Crippen LogP contribution in [-0.4, -0.2) is 4.98 Å². The van der Waals surface area contributed by atoms with E-state index in [1.165, 1.54) is 5.56 Å². The summed E-state index contributed by atoms with van der Waals surface area (Å²) in [5.74, 6) is 1.97. The molecule has 1 unspecified atom stereocenters. The third kappa shape index (κ3) is 3.17. The minimum Gasteiger partial charge on any atom is -0.439 e. The topological polar surface area (TPSA) is 48.1 Å². The maximum atomic E-state index is 5.96. The van der Waals surface area contributed by atoms with Crippen LogP contribution in [0, 0.1) is 6.92 Å². The number of nitrogens with zero attached hydrogens (tertiary/aromatic N) is 1. The molecular formula is C17H22N2O. The maximum Gasteiger partial charge on any atom is 0.219 e. The molecule has 0 radical (unpaired) electrons. The molecule has 0 aliphatic carbocycles. The lowest BCUT2D eigenvalue weighted by Crippen LogP contribution is -2.02. The number of pyridine rings is 1. The van der Waals surface area contributed by atoms with Crippen LogP contribution in [0.3, 0.4) is 0 Å². The van der Waals surface area contributed by atoms with Crippen molar-refractivity contribution in [3.05, 3.63) is 53.2 Å². The number of rotatable bonds is 5. The second kappa shape index (κ2) is 6.53. The predicted octanol–water partition coefficient (Wildman–Crippen LogP) is 4.15. The van der Waals surface area contributed by atoms with Gasteiger partial charge in [-0.05, 0) is 36.5 Å². The Hall–Kier alpha value is -1.87. The number of aromatic nitrogens is 1. The van der Waals surface area contributed by atoms with Crippen LogP contribution >= 0.6 is 0 Å². The zero-order valence-corrected chi connectivity index (χ0v) is 12.4. The summed E-state index contributed by atoms with van der Waals surface area (Å²) in [6, 6.07) is 12.0. The quantitative estimate of drug-likeness (QED) is 0.887. The molecule has 106 valence electrons. The van der Waals surface area contributed by atoms with Crippen molar-refractivity contribution in [2.24, 2.45) is 5.73 Å². The normalized spacial score (nSPS) is 12.2. The highest BCUT2D eigenvalue weighted by Gasteiger charge is 2.11. The largest absolute Gasteiger partial charge is 0.439 e. The van der Waals surface area contributed by atoms with Crippen LogP contribution in [-0.2, 0) is 6.54 Å². The molecule has 1 aromatic carbocycles. The Bertz CT molecular complexity index is 581. The van der Waals surface area contributed by atoms with E-state index in [1.807, 2.05) is 37.3 Å². The van der Waals surface area contributed by atoms with Crippen molar-refractivity contribution in [2.75, 3.05) is 0 Å². The second-order valence-electron chi connectivity index (χ2n) is 5.05. The fourth-order valence-corrected chi connectivity index (χ4v) is 2.15. The van der Waals surface area contributed by atoms with E-state index in [4.69, 9.17) is 10.5 Å². The molecule has 0 saturated carbocycles. The molecule has 0 aliphatic rings. The first-order valence-electron chi connectivity index (χ1n) is 7.09. The smallest absolute Gasteiger partial charge is 0.219 e.